The molecule has 0 radical (unpaired) electrons. The largest absolute Gasteiger partial charge is 0.488 e. The van der Waals surface area contributed by atoms with Crippen molar-refractivity contribution in [1.29, 1.82) is 0 Å². The van der Waals surface area contributed by atoms with Crippen LogP contribution in [0.25, 0.3) is 5.82 Å². The number of para-hydroxylation sites is 1. The van der Waals surface area contributed by atoms with Crippen molar-refractivity contribution in [3.05, 3.63) is 62.6 Å². The van der Waals surface area contributed by atoms with Crippen LogP contribution in [0.2, 0.25) is 0 Å². The highest BCUT2D eigenvalue weighted by atomic mass is 79.9. The van der Waals surface area contributed by atoms with Crippen molar-refractivity contribution in [2.45, 2.75) is 13.5 Å². The van der Waals surface area contributed by atoms with E-state index >= 15 is 0 Å². The van der Waals surface area contributed by atoms with Gasteiger partial charge in [-0.05, 0) is 35.0 Å². The first kappa shape index (κ1) is 14.1. The lowest BCUT2D eigenvalue weighted by atomic mass is 10.2. The summed E-state index contributed by atoms with van der Waals surface area (Å²) in [5, 5.41) is 7.53. The molecule has 8 heteroatoms. The number of halogens is 1. The monoisotopic (exact) mass is 377 g/mol. The van der Waals surface area contributed by atoms with Gasteiger partial charge in [0.2, 0.25) is 0 Å². The van der Waals surface area contributed by atoms with Crippen molar-refractivity contribution in [2.24, 2.45) is 7.05 Å². The molecule has 0 spiro atoms. The molecule has 7 nitrogen and oxygen atoms in total. The minimum absolute atomic E-state index is 0.185. The zero-order valence-electron chi connectivity index (χ0n) is 13.5. The standard InChI is InChI=1S/C15H14BrN5O2/c1-10-5-3-4-6-13(10)23-9-11-12(16)7-8-17-14(11)21-15(22)20(2)18-19-21/h3-8H,9H2,1-2H3/i3T. The van der Waals surface area contributed by atoms with Crippen molar-refractivity contribution in [2.75, 3.05) is 0 Å². The number of tetrazole rings is 1. The van der Waals surface area contributed by atoms with Crippen LogP contribution in [0.3, 0.4) is 0 Å². The van der Waals surface area contributed by atoms with Gasteiger partial charge in [0.25, 0.3) is 0 Å². The summed E-state index contributed by atoms with van der Waals surface area (Å²) in [6.07, 6.45) is 1.57. The van der Waals surface area contributed by atoms with E-state index in [0.29, 0.717) is 23.2 Å². The van der Waals surface area contributed by atoms with Gasteiger partial charge in [-0.25, -0.2) is 9.78 Å². The fourth-order valence-corrected chi connectivity index (χ4v) is 2.44. The average Bonchev–Trinajstić information content (AvgIpc) is 2.87. The van der Waals surface area contributed by atoms with Gasteiger partial charge in [0, 0.05) is 23.3 Å². The summed E-state index contributed by atoms with van der Waals surface area (Å²) in [4.78, 5) is 16.3. The van der Waals surface area contributed by atoms with E-state index < -0.39 is 5.69 Å². The average molecular weight is 378 g/mol. The number of benzene rings is 1. The molecule has 2 heterocycles. The highest BCUT2D eigenvalue weighted by Crippen LogP contribution is 2.24. The van der Waals surface area contributed by atoms with E-state index in [1.165, 1.54) is 7.05 Å². The van der Waals surface area contributed by atoms with Gasteiger partial charge < -0.3 is 4.74 Å². The normalized spacial score (nSPS) is 11.3. The molecule has 0 aliphatic carbocycles. The first-order valence-corrected chi connectivity index (χ1v) is 7.59. The van der Waals surface area contributed by atoms with Crippen molar-refractivity contribution >= 4 is 15.9 Å². The van der Waals surface area contributed by atoms with E-state index in [4.69, 9.17) is 6.11 Å². The molecule has 23 heavy (non-hydrogen) atoms. The SMILES string of the molecule is [3H]c1ccc(OCc2c(Br)ccnc2-n2nnn(C)c2=O)c(C)c1. The Morgan fingerprint density at radius 1 is 1.35 bits per heavy atom. The summed E-state index contributed by atoms with van der Waals surface area (Å²) >= 11 is 3.46. The van der Waals surface area contributed by atoms with Gasteiger partial charge in [0.15, 0.2) is 5.82 Å². The summed E-state index contributed by atoms with van der Waals surface area (Å²) in [5.41, 5.74) is 1.15. The minimum Gasteiger partial charge on any atom is -0.488 e. The zero-order valence-corrected chi connectivity index (χ0v) is 14.1. The molecule has 0 atom stereocenters. The van der Waals surface area contributed by atoms with Crippen molar-refractivity contribution in [1.82, 2.24) is 24.8 Å². The molecule has 0 aliphatic heterocycles. The number of aryl methyl sites for hydroxylation is 2. The fourth-order valence-electron chi connectivity index (χ4n) is 2.03. The molecule has 0 unspecified atom stereocenters. The number of pyridine rings is 1. The smallest absolute Gasteiger partial charge is 0.369 e. The van der Waals surface area contributed by atoms with Gasteiger partial charge in [-0.1, -0.05) is 34.1 Å². The number of hydrogen-bond donors (Lipinski definition) is 0. The Hall–Kier alpha value is -2.48. The molecule has 0 amide bonds. The van der Waals surface area contributed by atoms with Crippen LogP contribution in [-0.4, -0.2) is 24.8 Å². The Labute approximate surface area is 142 Å². The summed E-state index contributed by atoms with van der Waals surface area (Å²) < 4.78 is 16.5. The fraction of sp³-hybridized carbons (Fsp3) is 0.200. The maximum atomic E-state index is 12.1. The van der Waals surface area contributed by atoms with Crippen LogP contribution >= 0.6 is 15.9 Å². The predicted octanol–water partition coefficient (Wildman–Crippen LogP) is 2.01. The van der Waals surface area contributed by atoms with Crippen molar-refractivity contribution in [3.8, 4) is 11.6 Å². The van der Waals surface area contributed by atoms with Crippen LogP contribution < -0.4 is 10.4 Å². The Kier molecular flexibility index (Phi) is 3.89. The molecular formula is C15H14BrN5O2. The van der Waals surface area contributed by atoms with E-state index in [0.717, 1.165) is 19.4 Å². The lowest BCUT2D eigenvalue weighted by Crippen LogP contribution is -2.24. The molecule has 0 N–H and O–H groups in total. The van der Waals surface area contributed by atoms with Gasteiger partial charge in [0.05, 0.1) is 1.37 Å². The van der Waals surface area contributed by atoms with Crippen LogP contribution in [0.4, 0.5) is 0 Å². The minimum atomic E-state index is -0.392. The Bertz CT molecular complexity index is 953. The number of aromatic nitrogens is 5. The van der Waals surface area contributed by atoms with Crippen LogP contribution in [-0.2, 0) is 13.7 Å². The maximum absolute atomic E-state index is 12.1. The first-order chi connectivity index (χ1) is 11.5. The second kappa shape index (κ2) is 6.33. The second-order valence-electron chi connectivity index (χ2n) is 4.87. The van der Waals surface area contributed by atoms with Gasteiger partial charge >= 0.3 is 5.69 Å². The third-order valence-electron chi connectivity index (χ3n) is 3.29. The van der Waals surface area contributed by atoms with E-state index in [9.17, 15) is 4.79 Å². The third-order valence-corrected chi connectivity index (χ3v) is 4.03. The quantitative estimate of drug-likeness (QED) is 0.695. The number of ether oxygens (including phenoxy) is 1. The summed E-state index contributed by atoms with van der Waals surface area (Å²) in [6.45, 7) is 2.06. The van der Waals surface area contributed by atoms with E-state index in [1.807, 2.05) is 6.92 Å². The molecule has 1 aromatic carbocycles. The van der Waals surface area contributed by atoms with Gasteiger partial charge in [-0.15, -0.1) is 4.68 Å². The van der Waals surface area contributed by atoms with Gasteiger partial charge in [-0.2, -0.15) is 4.68 Å². The molecule has 0 saturated heterocycles. The number of hydrogen-bond acceptors (Lipinski definition) is 5. The molecule has 0 bridgehead atoms. The van der Waals surface area contributed by atoms with Gasteiger partial charge in [-0.3, -0.25) is 0 Å². The molecule has 3 aromatic rings. The molecular weight excluding hydrogens is 362 g/mol. The van der Waals surface area contributed by atoms with Crippen LogP contribution in [0.5, 0.6) is 5.75 Å². The van der Waals surface area contributed by atoms with Gasteiger partial charge in [0.1, 0.15) is 12.4 Å². The molecule has 3 rings (SSSR count). The molecule has 0 aliphatic rings. The van der Waals surface area contributed by atoms with Crippen molar-refractivity contribution in [3.63, 3.8) is 0 Å². The highest BCUT2D eigenvalue weighted by molar-refractivity contribution is 9.10. The van der Waals surface area contributed by atoms with Crippen molar-refractivity contribution < 1.29 is 6.11 Å². The van der Waals surface area contributed by atoms with E-state index in [1.54, 1.807) is 30.5 Å². The van der Waals surface area contributed by atoms with Crippen LogP contribution in [0.1, 0.15) is 12.5 Å². The van der Waals surface area contributed by atoms with E-state index in [2.05, 4.69) is 31.3 Å². The molecule has 0 fully saturated rings. The maximum Gasteiger partial charge on any atom is 0.369 e. The Morgan fingerprint density at radius 3 is 2.87 bits per heavy atom. The Balaban J connectivity index is 1.96. The van der Waals surface area contributed by atoms with Crippen LogP contribution in [0.15, 0.2) is 45.8 Å². The number of nitrogens with zero attached hydrogens (tertiary/aromatic N) is 5. The summed E-state index contributed by atoms with van der Waals surface area (Å²) in [7, 11) is 1.52. The first-order valence-electron chi connectivity index (χ1n) is 7.30. The predicted molar refractivity (Wildman–Crippen MR) is 87.6 cm³/mol. The number of rotatable bonds is 4. The molecule has 118 valence electrons. The Morgan fingerprint density at radius 2 is 2.17 bits per heavy atom. The zero-order chi connectivity index (χ0) is 17.3. The summed E-state index contributed by atoms with van der Waals surface area (Å²) in [6, 6.07) is 7.32. The summed E-state index contributed by atoms with van der Waals surface area (Å²) in [5.74, 6) is 1.02. The van der Waals surface area contributed by atoms with E-state index in [-0.39, 0.29) is 6.61 Å². The lowest BCUT2D eigenvalue weighted by molar-refractivity contribution is 0.302. The molecule has 2 aromatic heterocycles. The highest BCUT2D eigenvalue weighted by Gasteiger charge is 2.16. The third kappa shape index (κ3) is 3.02. The van der Waals surface area contributed by atoms with Crippen LogP contribution in [0, 0.1) is 6.92 Å². The topological polar surface area (TPSA) is 74.8 Å². The lowest BCUT2D eigenvalue weighted by Gasteiger charge is -2.12. The second-order valence-corrected chi connectivity index (χ2v) is 5.73. The molecule has 0 saturated carbocycles.